The summed E-state index contributed by atoms with van der Waals surface area (Å²) in [5.74, 6) is 1.16. The third-order valence-corrected chi connectivity index (χ3v) is 3.61. The number of anilines is 1. The average molecular weight is 233 g/mol. The maximum Gasteiger partial charge on any atom is 0.131 e. The largest absolute Gasteiger partial charge is 0.354 e. The molecule has 3 heteroatoms. The predicted molar refractivity (Wildman–Crippen MR) is 72.3 cm³/mol. The highest BCUT2D eigenvalue weighted by atomic mass is 15.2. The third-order valence-electron chi connectivity index (χ3n) is 3.61. The monoisotopic (exact) mass is 233 g/mol. The molecule has 0 aromatic carbocycles. The van der Waals surface area contributed by atoms with E-state index in [1.807, 2.05) is 12.3 Å². The Kier molecular flexibility index (Phi) is 4.37. The zero-order valence-corrected chi connectivity index (χ0v) is 10.7. The standard InChI is InChI=1S/C14H23N3/c1-12-6-3-2-4-11-17(12)14-13(8-9-15)7-5-10-16-14/h5,7,10,12H,2-4,6,8-9,11,15H2,1H3. The Morgan fingerprint density at radius 1 is 1.41 bits per heavy atom. The van der Waals surface area contributed by atoms with Gasteiger partial charge in [0.1, 0.15) is 5.82 Å². The number of pyridine rings is 1. The molecule has 1 aliphatic heterocycles. The normalized spacial score (nSPS) is 21.3. The first kappa shape index (κ1) is 12.4. The molecule has 0 aliphatic carbocycles. The fourth-order valence-electron chi connectivity index (χ4n) is 2.63. The molecule has 0 bridgehead atoms. The van der Waals surface area contributed by atoms with Gasteiger partial charge in [0.2, 0.25) is 0 Å². The van der Waals surface area contributed by atoms with Gasteiger partial charge in [0.15, 0.2) is 0 Å². The molecule has 1 aromatic rings. The smallest absolute Gasteiger partial charge is 0.131 e. The summed E-state index contributed by atoms with van der Waals surface area (Å²) in [5, 5.41) is 0. The quantitative estimate of drug-likeness (QED) is 0.871. The second-order valence-corrected chi connectivity index (χ2v) is 4.92. The Hall–Kier alpha value is -1.09. The van der Waals surface area contributed by atoms with E-state index in [-0.39, 0.29) is 0 Å². The van der Waals surface area contributed by atoms with E-state index >= 15 is 0 Å². The van der Waals surface area contributed by atoms with E-state index in [1.54, 1.807) is 0 Å². The van der Waals surface area contributed by atoms with Gasteiger partial charge in [-0.2, -0.15) is 0 Å². The highest BCUT2D eigenvalue weighted by Crippen LogP contribution is 2.25. The Morgan fingerprint density at radius 3 is 3.12 bits per heavy atom. The van der Waals surface area contributed by atoms with E-state index in [4.69, 9.17) is 5.73 Å². The van der Waals surface area contributed by atoms with Gasteiger partial charge < -0.3 is 10.6 Å². The number of hydrogen-bond acceptors (Lipinski definition) is 3. The van der Waals surface area contributed by atoms with Crippen molar-refractivity contribution in [2.45, 2.75) is 45.1 Å². The number of rotatable bonds is 3. The minimum Gasteiger partial charge on any atom is -0.354 e. The Morgan fingerprint density at radius 2 is 2.29 bits per heavy atom. The van der Waals surface area contributed by atoms with Crippen molar-refractivity contribution in [1.29, 1.82) is 0 Å². The van der Waals surface area contributed by atoms with E-state index in [9.17, 15) is 0 Å². The van der Waals surface area contributed by atoms with Gasteiger partial charge in [0.05, 0.1) is 0 Å². The van der Waals surface area contributed by atoms with Gasteiger partial charge in [0, 0.05) is 18.8 Å². The van der Waals surface area contributed by atoms with Crippen molar-refractivity contribution in [3.8, 4) is 0 Å². The minimum absolute atomic E-state index is 0.601. The maximum atomic E-state index is 5.68. The van der Waals surface area contributed by atoms with Crippen LogP contribution in [0.4, 0.5) is 5.82 Å². The van der Waals surface area contributed by atoms with Crippen molar-refractivity contribution in [1.82, 2.24) is 4.98 Å². The highest BCUT2D eigenvalue weighted by Gasteiger charge is 2.20. The van der Waals surface area contributed by atoms with Crippen LogP contribution in [0.15, 0.2) is 18.3 Å². The molecule has 1 aliphatic rings. The summed E-state index contributed by atoms with van der Waals surface area (Å²) in [6.45, 7) is 4.14. The van der Waals surface area contributed by atoms with Gasteiger partial charge in [-0.1, -0.05) is 18.9 Å². The lowest BCUT2D eigenvalue weighted by atomic mass is 10.1. The molecule has 2 heterocycles. The van der Waals surface area contributed by atoms with E-state index < -0.39 is 0 Å². The number of aromatic nitrogens is 1. The van der Waals surface area contributed by atoms with E-state index in [0.29, 0.717) is 12.6 Å². The summed E-state index contributed by atoms with van der Waals surface area (Å²) >= 11 is 0. The van der Waals surface area contributed by atoms with Crippen molar-refractivity contribution < 1.29 is 0 Å². The molecule has 0 spiro atoms. The van der Waals surface area contributed by atoms with Crippen LogP contribution in [0.25, 0.3) is 0 Å². The second-order valence-electron chi connectivity index (χ2n) is 4.92. The lowest BCUT2D eigenvalue weighted by Crippen LogP contribution is -2.34. The second kappa shape index (κ2) is 6.01. The average Bonchev–Trinajstić information content (AvgIpc) is 2.55. The first-order valence-corrected chi connectivity index (χ1v) is 6.73. The fourth-order valence-corrected chi connectivity index (χ4v) is 2.63. The van der Waals surface area contributed by atoms with Crippen LogP contribution in [0.5, 0.6) is 0 Å². The van der Waals surface area contributed by atoms with E-state index in [0.717, 1.165) is 18.8 Å². The summed E-state index contributed by atoms with van der Waals surface area (Å²) in [4.78, 5) is 7.05. The predicted octanol–water partition coefficient (Wildman–Crippen LogP) is 2.35. The topological polar surface area (TPSA) is 42.2 Å². The van der Waals surface area contributed by atoms with Crippen LogP contribution in [-0.4, -0.2) is 24.1 Å². The fraction of sp³-hybridized carbons (Fsp3) is 0.643. The maximum absolute atomic E-state index is 5.68. The molecule has 2 N–H and O–H groups in total. The number of nitrogens with zero attached hydrogens (tertiary/aromatic N) is 2. The minimum atomic E-state index is 0.601. The zero-order valence-electron chi connectivity index (χ0n) is 10.7. The molecule has 2 rings (SSSR count). The van der Waals surface area contributed by atoms with Crippen LogP contribution in [0, 0.1) is 0 Å². The molecule has 1 fully saturated rings. The van der Waals surface area contributed by atoms with Crippen LogP contribution >= 0.6 is 0 Å². The summed E-state index contributed by atoms with van der Waals surface area (Å²) in [6.07, 6.45) is 8.07. The van der Waals surface area contributed by atoms with Crippen LogP contribution in [0.2, 0.25) is 0 Å². The summed E-state index contributed by atoms with van der Waals surface area (Å²) in [7, 11) is 0. The molecule has 1 saturated heterocycles. The molecular formula is C14H23N3. The molecule has 1 unspecified atom stereocenters. The van der Waals surface area contributed by atoms with Gasteiger partial charge in [-0.05, 0) is 44.4 Å². The summed E-state index contributed by atoms with van der Waals surface area (Å²) < 4.78 is 0. The van der Waals surface area contributed by atoms with Crippen molar-refractivity contribution in [3.63, 3.8) is 0 Å². The highest BCUT2D eigenvalue weighted by molar-refractivity contribution is 5.47. The van der Waals surface area contributed by atoms with Crippen molar-refractivity contribution in [2.75, 3.05) is 18.0 Å². The van der Waals surface area contributed by atoms with Crippen LogP contribution in [0.3, 0.4) is 0 Å². The van der Waals surface area contributed by atoms with Crippen LogP contribution in [0.1, 0.15) is 38.2 Å². The van der Waals surface area contributed by atoms with Gasteiger partial charge in [-0.3, -0.25) is 0 Å². The van der Waals surface area contributed by atoms with Gasteiger partial charge in [-0.25, -0.2) is 4.98 Å². The Labute approximate surface area is 104 Å². The van der Waals surface area contributed by atoms with Crippen LogP contribution in [-0.2, 0) is 6.42 Å². The first-order chi connectivity index (χ1) is 8.33. The zero-order chi connectivity index (χ0) is 12.1. The van der Waals surface area contributed by atoms with Gasteiger partial charge in [-0.15, -0.1) is 0 Å². The van der Waals surface area contributed by atoms with Gasteiger partial charge in [0.25, 0.3) is 0 Å². The van der Waals surface area contributed by atoms with Crippen LogP contribution < -0.4 is 10.6 Å². The lowest BCUT2D eigenvalue weighted by molar-refractivity contribution is 0.609. The number of nitrogens with two attached hydrogens (primary N) is 1. The van der Waals surface area contributed by atoms with E-state index in [1.165, 1.54) is 31.2 Å². The molecule has 0 amide bonds. The molecule has 0 radical (unpaired) electrons. The lowest BCUT2D eigenvalue weighted by Gasteiger charge is -2.30. The van der Waals surface area contributed by atoms with Crippen molar-refractivity contribution in [2.24, 2.45) is 5.73 Å². The third kappa shape index (κ3) is 2.97. The number of hydrogen-bond donors (Lipinski definition) is 1. The SMILES string of the molecule is CC1CCCCCN1c1ncccc1CCN. The Bertz CT molecular complexity index is 351. The van der Waals surface area contributed by atoms with E-state index in [2.05, 4.69) is 22.9 Å². The van der Waals surface area contributed by atoms with Crippen molar-refractivity contribution >= 4 is 5.82 Å². The molecule has 17 heavy (non-hydrogen) atoms. The molecule has 94 valence electrons. The molecular weight excluding hydrogens is 210 g/mol. The van der Waals surface area contributed by atoms with Gasteiger partial charge >= 0.3 is 0 Å². The van der Waals surface area contributed by atoms with Crippen molar-refractivity contribution in [3.05, 3.63) is 23.9 Å². The molecule has 1 atom stereocenters. The molecule has 3 nitrogen and oxygen atoms in total. The first-order valence-electron chi connectivity index (χ1n) is 6.73. The Balaban J connectivity index is 2.24. The molecule has 0 saturated carbocycles. The summed E-state index contributed by atoms with van der Waals surface area (Å²) in [6, 6.07) is 4.77. The summed E-state index contributed by atoms with van der Waals surface area (Å²) in [5.41, 5.74) is 6.97. The molecule has 1 aromatic heterocycles.